The van der Waals surface area contributed by atoms with Crippen molar-refractivity contribution in [2.75, 3.05) is 12.4 Å². The normalized spacial score (nSPS) is 14.9. The van der Waals surface area contributed by atoms with Crippen LogP contribution in [0, 0.1) is 5.82 Å². The highest BCUT2D eigenvalue weighted by Crippen LogP contribution is 2.41. The summed E-state index contributed by atoms with van der Waals surface area (Å²) in [5.74, 6) is 1.40. The van der Waals surface area contributed by atoms with Gasteiger partial charge in [0.25, 0.3) is 0 Å². The van der Waals surface area contributed by atoms with Crippen molar-refractivity contribution in [1.29, 1.82) is 0 Å². The molecule has 1 aliphatic carbocycles. The van der Waals surface area contributed by atoms with Crippen molar-refractivity contribution >= 4 is 11.8 Å². The maximum Gasteiger partial charge on any atom is 0.191 e. The highest BCUT2D eigenvalue weighted by atomic mass is 32.2. The van der Waals surface area contributed by atoms with Gasteiger partial charge in [-0.1, -0.05) is 42.1 Å². The largest absolute Gasteiger partial charge is 0.491 e. The molecule has 4 rings (SSSR count). The first kappa shape index (κ1) is 18.0. The van der Waals surface area contributed by atoms with E-state index in [0.29, 0.717) is 28.3 Å². The molecule has 0 spiro atoms. The van der Waals surface area contributed by atoms with Crippen molar-refractivity contribution < 1.29 is 14.2 Å². The number of hydrogen-bond acceptors (Lipinski definition) is 5. The highest BCUT2D eigenvalue weighted by Gasteiger charge is 2.31. The van der Waals surface area contributed by atoms with Crippen LogP contribution in [0.4, 0.5) is 4.39 Å². The number of nitrogens with zero attached hydrogens (tertiary/aromatic N) is 3. The smallest absolute Gasteiger partial charge is 0.191 e. The molecule has 1 N–H and O–H groups in total. The first-order valence-corrected chi connectivity index (χ1v) is 9.89. The molecule has 0 aliphatic heterocycles. The van der Waals surface area contributed by atoms with Crippen molar-refractivity contribution in [3.8, 4) is 17.1 Å². The molecule has 1 atom stereocenters. The molecule has 0 bridgehead atoms. The van der Waals surface area contributed by atoms with E-state index in [9.17, 15) is 9.50 Å². The molecule has 1 aliphatic rings. The predicted molar refractivity (Wildman–Crippen MR) is 102 cm³/mol. The molecule has 1 saturated carbocycles. The van der Waals surface area contributed by atoms with Crippen LogP contribution in [0.25, 0.3) is 11.4 Å². The maximum atomic E-state index is 14.2. The van der Waals surface area contributed by atoms with E-state index in [-0.39, 0.29) is 12.4 Å². The fourth-order valence-corrected chi connectivity index (χ4v) is 3.70. The second-order valence-corrected chi connectivity index (χ2v) is 7.46. The fourth-order valence-electron chi connectivity index (χ4n) is 2.79. The van der Waals surface area contributed by atoms with Crippen molar-refractivity contribution in [2.45, 2.75) is 30.1 Å². The molecule has 2 aromatic carbocycles. The number of thioether (sulfide) groups is 1. The molecule has 1 heterocycles. The molecular weight excluding hydrogens is 365 g/mol. The third-order valence-electron chi connectivity index (χ3n) is 4.28. The third-order valence-corrected chi connectivity index (χ3v) is 5.37. The molecule has 3 aromatic rings. The van der Waals surface area contributed by atoms with Crippen LogP contribution in [0.15, 0.2) is 59.8 Å². The van der Waals surface area contributed by atoms with Crippen LogP contribution in [0.3, 0.4) is 0 Å². The average Bonchev–Trinajstić information content (AvgIpc) is 3.45. The van der Waals surface area contributed by atoms with Crippen LogP contribution < -0.4 is 4.74 Å². The van der Waals surface area contributed by atoms with Crippen LogP contribution >= 0.6 is 11.8 Å². The van der Waals surface area contributed by atoms with Crippen LogP contribution in [-0.4, -0.2) is 38.3 Å². The van der Waals surface area contributed by atoms with Crippen LogP contribution in [0.1, 0.15) is 18.9 Å². The van der Waals surface area contributed by atoms with Crippen molar-refractivity contribution in [2.24, 2.45) is 0 Å². The summed E-state index contributed by atoms with van der Waals surface area (Å²) < 4.78 is 21.8. The van der Waals surface area contributed by atoms with E-state index >= 15 is 0 Å². The number of hydrogen-bond donors (Lipinski definition) is 1. The zero-order valence-corrected chi connectivity index (χ0v) is 15.5. The van der Waals surface area contributed by atoms with E-state index in [1.165, 1.54) is 17.8 Å². The lowest BCUT2D eigenvalue weighted by Crippen LogP contribution is -2.20. The number of rotatable bonds is 8. The molecule has 27 heavy (non-hydrogen) atoms. The van der Waals surface area contributed by atoms with Gasteiger partial charge in [-0.3, -0.25) is 4.57 Å². The highest BCUT2D eigenvalue weighted by molar-refractivity contribution is 7.99. The fraction of sp³-hybridized carbons (Fsp3) is 0.300. The first-order valence-electron chi connectivity index (χ1n) is 8.91. The zero-order chi connectivity index (χ0) is 18.6. The first-order chi connectivity index (χ1) is 13.2. The van der Waals surface area contributed by atoms with Crippen LogP contribution in [0.2, 0.25) is 0 Å². The van der Waals surface area contributed by atoms with Gasteiger partial charge in [-0.2, -0.15) is 0 Å². The molecule has 5 nitrogen and oxygen atoms in total. The summed E-state index contributed by atoms with van der Waals surface area (Å²) in [4.78, 5) is 0. The topological polar surface area (TPSA) is 60.2 Å². The number of aliphatic hydroxyl groups excluding tert-OH is 1. The Morgan fingerprint density at radius 2 is 1.85 bits per heavy atom. The molecule has 0 saturated heterocycles. The van der Waals surface area contributed by atoms with Gasteiger partial charge in [0.1, 0.15) is 18.2 Å². The van der Waals surface area contributed by atoms with Crippen molar-refractivity contribution in [3.05, 3.63) is 60.4 Å². The summed E-state index contributed by atoms with van der Waals surface area (Å²) >= 11 is 1.42. The average molecular weight is 385 g/mol. The molecule has 1 aromatic heterocycles. The number of benzene rings is 2. The second-order valence-electron chi connectivity index (χ2n) is 6.48. The van der Waals surface area contributed by atoms with E-state index in [2.05, 4.69) is 10.2 Å². The SMILES string of the molecule is O[C@@H](COc1ccccc1)CSc1nnc(-c2ccccc2F)n1C1CC1. The molecular formula is C20H20FN3O2S. The summed E-state index contributed by atoms with van der Waals surface area (Å²) in [6, 6.07) is 16.3. The monoisotopic (exact) mass is 385 g/mol. The Kier molecular flexibility index (Phi) is 5.40. The quantitative estimate of drug-likeness (QED) is 0.595. The predicted octanol–water partition coefficient (Wildman–Crippen LogP) is 3.95. The van der Waals surface area contributed by atoms with E-state index in [0.717, 1.165) is 18.6 Å². The summed E-state index contributed by atoms with van der Waals surface area (Å²) in [6.45, 7) is 0.203. The Bertz CT molecular complexity index is 899. The minimum absolute atomic E-state index is 0.203. The third kappa shape index (κ3) is 4.31. The van der Waals surface area contributed by atoms with E-state index in [1.54, 1.807) is 18.2 Å². The van der Waals surface area contributed by atoms with Gasteiger partial charge in [-0.15, -0.1) is 10.2 Å². The van der Waals surface area contributed by atoms with Crippen molar-refractivity contribution in [3.63, 3.8) is 0 Å². The Balaban J connectivity index is 1.43. The summed E-state index contributed by atoms with van der Waals surface area (Å²) in [7, 11) is 0. The molecule has 1 fully saturated rings. The minimum Gasteiger partial charge on any atom is -0.491 e. The van der Waals surface area contributed by atoms with Gasteiger partial charge in [0.2, 0.25) is 0 Å². The Morgan fingerprint density at radius 1 is 1.11 bits per heavy atom. The Morgan fingerprint density at radius 3 is 2.59 bits per heavy atom. The van der Waals surface area contributed by atoms with Gasteiger partial charge >= 0.3 is 0 Å². The lowest BCUT2D eigenvalue weighted by atomic mass is 10.2. The van der Waals surface area contributed by atoms with Gasteiger partial charge in [0.15, 0.2) is 11.0 Å². The second kappa shape index (κ2) is 8.10. The molecule has 0 unspecified atom stereocenters. The van der Waals surface area contributed by atoms with Crippen molar-refractivity contribution in [1.82, 2.24) is 14.8 Å². The standard InChI is InChI=1S/C20H20FN3O2S/c21-18-9-5-4-8-17(18)19-22-23-20(24(19)14-10-11-14)27-13-15(25)12-26-16-6-2-1-3-7-16/h1-9,14-15,25H,10-13H2/t15-/m0/s1. The van der Waals surface area contributed by atoms with Gasteiger partial charge in [0.05, 0.1) is 11.7 Å². The Hall–Kier alpha value is -2.38. The van der Waals surface area contributed by atoms with Gasteiger partial charge in [-0.25, -0.2) is 4.39 Å². The Labute approximate surface area is 161 Å². The van der Waals surface area contributed by atoms with E-state index in [1.807, 2.05) is 34.9 Å². The molecule has 0 amide bonds. The minimum atomic E-state index is -0.642. The van der Waals surface area contributed by atoms with Gasteiger partial charge in [0, 0.05) is 11.8 Å². The van der Waals surface area contributed by atoms with Crippen LogP contribution in [-0.2, 0) is 0 Å². The molecule has 140 valence electrons. The number of para-hydroxylation sites is 1. The lowest BCUT2D eigenvalue weighted by molar-refractivity contribution is 0.126. The maximum absolute atomic E-state index is 14.2. The number of halogens is 1. The van der Waals surface area contributed by atoms with Gasteiger partial charge in [-0.05, 0) is 37.1 Å². The lowest BCUT2D eigenvalue weighted by Gasteiger charge is -2.13. The molecule has 7 heteroatoms. The zero-order valence-electron chi connectivity index (χ0n) is 14.7. The number of aromatic nitrogens is 3. The summed E-state index contributed by atoms with van der Waals surface area (Å²) in [6.07, 6.45) is 1.43. The molecule has 0 radical (unpaired) electrons. The summed E-state index contributed by atoms with van der Waals surface area (Å²) in [5.41, 5.74) is 0.455. The van der Waals surface area contributed by atoms with E-state index in [4.69, 9.17) is 4.74 Å². The van der Waals surface area contributed by atoms with Crippen LogP contribution in [0.5, 0.6) is 5.75 Å². The van der Waals surface area contributed by atoms with E-state index < -0.39 is 6.10 Å². The summed E-state index contributed by atoms with van der Waals surface area (Å²) in [5, 5.41) is 19.4. The number of aliphatic hydroxyl groups is 1. The van der Waals surface area contributed by atoms with Gasteiger partial charge < -0.3 is 9.84 Å². The number of ether oxygens (including phenoxy) is 1.